The van der Waals surface area contributed by atoms with Crippen LogP contribution in [-0.4, -0.2) is 39.4 Å². The molecule has 0 saturated heterocycles. The number of aliphatic imine (C=N–C) groups is 1. The molecular weight excluding hydrogens is 474 g/mol. The highest BCUT2D eigenvalue weighted by molar-refractivity contribution is 14.0. The molecule has 0 amide bonds. The van der Waals surface area contributed by atoms with E-state index in [4.69, 9.17) is 9.47 Å². The van der Waals surface area contributed by atoms with Gasteiger partial charge in [-0.05, 0) is 36.5 Å². The normalized spacial score (nSPS) is 11.8. The largest absolute Gasteiger partial charge is 0.493 e. The summed E-state index contributed by atoms with van der Waals surface area (Å²) in [6.07, 6.45) is -2.20. The van der Waals surface area contributed by atoms with Crippen LogP contribution in [0.4, 0.5) is 13.2 Å². The first-order valence-electron chi connectivity index (χ1n) is 8.56. The first kappa shape index (κ1) is 25.6. The van der Waals surface area contributed by atoms with Crippen LogP contribution in [0.25, 0.3) is 0 Å². The van der Waals surface area contributed by atoms with Crippen molar-refractivity contribution in [3.8, 4) is 11.5 Å². The number of benzene rings is 1. The molecule has 0 aromatic heterocycles. The number of guanidine groups is 1. The number of hydrogen-bond acceptors (Lipinski definition) is 3. The van der Waals surface area contributed by atoms with Crippen LogP contribution in [0.5, 0.6) is 11.5 Å². The van der Waals surface area contributed by atoms with Gasteiger partial charge in [-0.1, -0.05) is 19.9 Å². The van der Waals surface area contributed by atoms with Crippen LogP contribution in [0.1, 0.15) is 32.3 Å². The van der Waals surface area contributed by atoms with Gasteiger partial charge in [-0.2, -0.15) is 13.2 Å². The van der Waals surface area contributed by atoms with Gasteiger partial charge in [0.15, 0.2) is 24.1 Å². The molecule has 0 aliphatic carbocycles. The minimum absolute atomic E-state index is 0. The number of nitrogens with zero attached hydrogens (tertiary/aromatic N) is 1. The Kier molecular flexibility index (Phi) is 12.2. The lowest BCUT2D eigenvalue weighted by atomic mass is 10.1. The minimum atomic E-state index is -4.39. The summed E-state index contributed by atoms with van der Waals surface area (Å²) in [5, 5.41) is 6.39. The van der Waals surface area contributed by atoms with E-state index >= 15 is 0 Å². The van der Waals surface area contributed by atoms with Gasteiger partial charge in [-0.15, -0.1) is 24.0 Å². The molecule has 0 fully saturated rings. The second-order valence-corrected chi connectivity index (χ2v) is 6.28. The summed E-state index contributed by atoms with van der Waals surface area (Å²) in [6.45, 7) is 4.30. The van der Waals surface area contributed by atoms with Crippen molar-refractivity contribution in [2.75, 3.05) is 27.3 Å². The lowest BCUT2D eigenvalue weighted by molar-refractivity contribution is -0.153. The van der Waals surface area contributed by atoms with Gasteiger partial charge >= 0.3 is 6.18 Å². The summed E-state index contributed by atoms with van der Waals surface area (Å²) in [5.41, 5.74) is 0.839. The number of ether oxygens (including phenoxy) is 2. The van der Waals surface area contributed by atoms with Crippen LogP contribution >= 0.6 is 24.0 Å². The highest BCUT2D eigenvalue weighted by Crippen LogP contribution is 2.29. The van der Waals surface area contributed by atoms with Gasteiger partial charge in [0, 0.05) is 20.1 Å². The topological polar surface area (TPSA) is 54.9 Å². The Morgan fingerprint density at radius 2 is 1.89 bits per heavy atom. The standard InChI is InChI=1S/C18H28F3N3O2.HI/c1-13(2)6-5-9-23-17(22-3)24-11-14-7-8-15(16(10-14)25-4)26-12-18(19,20)21;/h7-8,10,13H,5-6,9,11-12H2,1-4H3,(H2,22,23,24);1H. The minimum Gasteiger partial charge on any atom is -0.493 e. The molecule has 5 nitrogen and oxygen atoms in total. The number of hydrogen-bond donors (Lipinski definition) is 2. The van der Waals surface area contributed by atoms with Crippen molar-refractivity contribution in [3.63, 3.8) is 0 Å². The number of alkyl halides is 3. The van der Waals surface area contributed by atoms with Crippen molar-refractivity contribution in [2.45, 2.75) is 39.4 Å². The fourth-order valence-electron chi connectivity index (χ4n) is 2.22. The first-order chi connectivity index (χ1) is 12.2. The number of halogens is 4. The Hall–Kier alpha value is -1.39. The maximum atomic E-state index is 12.3. The van der Waals surface area contributed by atoms with E-state index in [1.54, 1.807) is 19.2 Å². The molecule has 0 unspecified atom stereocenters. The summed E-state index contributed by atoms with van der Waals surface area (Å²) in [6, 6.07) is 4.80. The van der Waals surface area contributed by atoms with Crippen molar-refractivity contribution >= 4 is 29.9 Å². The van der Waals surface area contributed by atoms with E-state index in [1.807, 2.05) is 0 Å². The molecule has 9 heteroatoms. The van der Waals surface area contributed by atoms with Crippen molar-refractivity contribution < 1.29 is 22.6 Å². The molecule has 0 radical (unpaired) electrons. The Balaban J connectivity index is 0.00000676. The van der Waals surface area contributed by atoms with Crippen molar-refractivity contribution in [3.05, 3.63) is 23.8 Å². The van der Waals surface area contributed by atoms with E-state index in [1.165, 1.54) is 13.2 Å². The predicted molar refractivity (Wildman–Crippen MR) is 112 cm³/mol. The first-order valence-corrected chi connectivity index (χ1v) is 8.56. The fourth-order valence-corrected chi connectivity index (χ4v) is 2.22. The Labute approximate surface area is 176 Å². The molecule has 1 rings (SSSR count). The van der Waals surface area contributed by atoms with Gasteiger partial charge in [-0.3, -0.25) is 4.99 Å². The average molecular weight is 503 g/mol. The number of rotatable bonds is 9. The van der Waals surface area contributed by atoms with E-state index in [0.717, 1.165) is 24.9 Å². The second-order valence-electron chi connectivity index (χ2n) is 6.28. The Morgan fingerprint density at radius 1 is 1.19 bits per heavy atom. The average Bonchev–Trinajstić information content (AvgIpc) is 2.58. The second kappa shape index (κ2) is 12.9. The number of nitrogens with one attached hydrogen (secondary N) is 2. The smallest absolute Gasteiger partial charge is 0.422 e. The third kappa shape index (κ3) is 11.1. The summed E-state index contributed by atoms with van der Waals surface area (Å²) in [7, 11) is 3.08. The van der Waals surface area contributed by atoms with Crippen molar-refractivity contribution in [1.82, 2.24) is 10.6 Å². The zero-order chi connectivity index (χ0) is 19.6. The molecule has 27 heavy (non-hydrogen) atoms. The third-order valence-electron chi connectivity index (χ3n) is 3.55. The Bertz CT molecular complexity index is 581. The van der Waals surface area contributed by atoms with Crippen LogP contribution < -0.4 is 20.1 Å². The van der Waals surface area contributed by atoms with Gasteiger partial charge in [0.05, 0.1) is 7.11 Å². The molecule has 0 saturated carbocycles. The third-order valence-corrected chi connectivity index (χ3v) is 3.55. The van der Waals surface area contributed by atoms with Crippen LogP contribution in [0.15, 0.2) is 23.2 Å². The van der Waals surface area contributed by atoms with E-state index in [9.17, 15) is 13.2 Å². The predicted octanol–water partition coefficient (Wildman–Crippen LogP) is 4.36. The molecule has 0 aliphatic rings. The highest BCUT2D eigenvalue weighted by Gasteiger charge is 2.29. The molecule has 156 valence electrons. The van der Waals surface area contributed by atoms with Gasteiger partial charge < -0.3 is 20.1 Å². The van der Waals surface area contributed by atoms with Gasteiger partial charge in [-0.25, -0.2) is 0 Å². The van der Waals surface area contributed by atoms with Crippen LogP contribution in [-0.2, 0) is 6.54 Å². The van der Waals surface area contributed by atoms with Crippen molar-refractivity contribution in [1.29, 1.82) is 0 Å². The van der Waals surface area contributed by atoms with Crippen molar-refractivity contribution in [2.24, 2.45) is 10.9 Å². The van der Waals surface area contributed by atoms with Gasteiger partial charge in [0.25, 0.3) is 0 Å². The fraction of sp³-hybridized carbons (Fsp3) is 0.611. The molecule has 2 N–H and O–H groups in total. The molecule has 1 aromatic carbocycles. The monoisotopic (exact) mass is 503 g/mol. The van der Waals surface area contributed by atoms with Gasteiger partial charge in [0.2, 0.25) is 0 Å². The van der Waals surface area contributed by atoms with E-state index in [-0.39, 0.29) is 35.5 Å². The molecule has 0 heterocycles. The molecular formula is C18H29F3IN3O2. The lowest BCUT2D eigenvalue weighted by Gasteiger charge is -2.15. The Morgan fingerprint density at radius 3 is 2.44 bits per heavy atom. The molecule has 0 aliphatic heterocycles. The molecule has 0 spiro atoms. The molecule has 0 bridgehead atoms. The maximum Gasteiger partial charge on any atom is 0.422 e. The zero-order valence-electron chi connectivity index (χ0n) is 16.2. The molecule has 0 atom stereocenters. The van der Waals surface area contributed by atoms with E-state index in [2.05, 4.69) is 29.5 Å². The summed E-state index contributed by atoms with van der Waals surface area (Å²) in [5.74, 6) is 1.65. The van der Waals surface area contributed by atoms with E-state index < -0.39 is 12.8 Å². The SMILES string of the molecule is CN=C(NCCCC(C)C)NCc1ccc(OCC(F)(F)F)c(OC)c1.I. The van der Waals surface area contributed by atoms with Crippen LogP contribution in [0.3, 0.4) is 0 Å². The van der Waals surface area contributed by atoms with Crippen LogP contribution in [0.2, 0.25) is 0 Å². The maximum absolute atomic E-state index is 12.3. The lowest BCUT2D eigenvalue weighted by Crippen LogP contribution is -2.37. The number of methoxy groups -OCH3 is 1. The molecule has 1 aromatic rings. The summed E-state index contributed by atoms with van der Waals surface area (Å²) < 4.78 is 46.7. The summed E-state index contributed by atoms with van der Waals surface area (Å²) >= 11 is 0. The highest BCUT2D eigenvalue weighted by atomic mass is 127. The summed E-state index contributed by atoms with van der Waals surface area (Å²) in [4.78, 5) is 4.15. The zero-order valence-corrected chi connectivity index (χ0v) is 18.5. The van der Waals surface area contributed by atoms with Crippen LogP contribution in [0, 0.1) is 5.92 Å². The quantitative estimate of drug-likeness (QED) is 0.228. The van der Waals surface area contributed by atoms with Gasteiger partial charge in [0.1, 0.15) is 0 Å². The van der Waals surface area contributed by atoms with E-state index in [0.29, 0.717) is 18.4 Å².